The van der Waals surface area contributed by atoms with Crippen LogP contribution in [-0.4, -0.2) is 49.7 Å². The summed E-state index contributed by atoms with van der Waals surface area (Å²) in [6, 6.07) is 11.7. The highest BCUT2D eigenvalue weighted by Gasteiger charge is 2.28. The molecule has 1 amide bonds. The van der Waals surface area contributed by atoms with Crippen molar-refractivity contribution in [2.24, 2.45) is 0 Å². The Balaban J connectivity index is 1.64. The first-order valence-corrected chi connectivity index (χ1v) is 9.84. The van der Waals surface area contributed by atoms with Crippen LogP contribution in [0, 0.1) is 11.6 Å². The Morgan fingerprint density at radius 2 is 1.52 bits per heavy atom. The molecule has 0 radical (unpaired) electrons. The Morgan fingerprint density at radius 3 is 2.11 bits per heavy atom. The molecule has 8 heteroatoms. The summed E-state index contributed by atoms with van der Waals surface area (Å²) in [5.41, 5.74) is 0.677. The van der Waals surface area contributed by atoms with Gasteiger partial charge in [-0.2, -0.15) is 4.31 Å². The van der Waals surface area contributed by atoms with E-state index in [-0.39, 0.29) is 31.7 Å². The van der Waals surface area contributed by atoms with Gasteiger partial charge < -0.3 is 4.90 Å². The third-order valence-corrected chi connectivity index (χ3v) is 5.79. The number of halogens is 2. The Morgan fingerprint density at radius 1 is 0.926 bits per heavy atom. The number of nitrogens with zero attached hydrogens (tertiary/aromatic N) is 2. The number of carbonyl (C=O) groups is 1. The van der Waals surface area contributed by atoms with Crippen molar-refractivity contribution in [3.05, 3.63) is 76.7 Å². The van der Waals surface area contributed by atoms with Crippen LogP contribution in [0.3, 0.4) is 0 Å². The van der Waals surface area contributed by atoms with Gasteiger partial charge >= 0.3 is 0 Å². The molecule has 0 unspecified atom stereocenters. The zero-order valence-electron chi connectivity index (χ0n) is 14.4. The number of rotatable bonds is 4. The lowest BCUT2D eigenvalue weighted by Gasteiger charge is -2.33. The first kappa shape index (κ1) is 19.2. The van der Waals surface area contributed by atoms with E-state index < -0.39 is 27.6 Å². The van der Waals surface area contributed by atoms with Gasteiger partial charge in [-0.25, -0.2) is 17.2 Å². The summed E-state index contributed by atoms with van der Waals surface area (Å²) in [6.45, 7) is 0.529. The molecule has 2 aromatic rings. The maximum absolute atomic E-state index is 13.3. The van der Waals surface area contributed by atoms with E-state index >= 15 is 0 Å². The number of sulfonamides is 1. The van der Waals surface area contributed by atoms with E-state index in [1.54, 1.807) is 12.1 Å². The molecule has 0 atom stereocenters. The molecule has 27 heavy (non-hydrogen) atoms. The molecule has 0 saturated carbocycles. The van der Waals surface area contributed by atoms with Crippen molar-refractivity contribution in [2.75, 3.05) is 26.2 Å². The van der Waals surface area contributed by atoms with Crippen LogP contribution in [0.25, 0.3) is 6.08 Å². The van der Waals surface area contributed by atoms with Crippen molar-refractivity contribution in [1.82, 2.24) is 9.21 Å². The van der Waals surface area contributed by atoms with Gasteiger partial charge in [0, 0.05) is 43.2 Å². The van der Waals surface area contributed by atoms with Gasteiger partial charge in [-0.15, -0.1) is 0 Å². The number of carbonyl (C=O) groups excluding carboxylic acids is 1. The lowest BCUT2D eigenvalue weighted by atomic mass is 10.1. The van der Waals surface area contributed by atoms with Crippen molar-refractivity contribution in [1.29, 1.82) is 0 Å². The summed E-state index contributed by atoms with van der Waals surface area (Å²) in [4.78, 5) is 13.8. The second kappa shape index (κ2) is 7.98. The normalized spacial score (nSPS) is 16.0. The van der Waals surface area contributed by atoms with Gasteiger partial charge in [-0.3, -0.25) is 4.79 Å². The number of hydrogen-bond acceptors (Lipinski definition) is 3. The van der Waals surface area contributed by atoms with Gasteiger partial charge in [-0.05, 0) is 23.8 Å². The predicted molar refractivity (Wildman–Crippen MR) is 98.2 cm³/mol. The Kier molecular flexibility index (Phi) is 5.67. The number of hydrogen-bond donors (Lipinski definition) is 0. The largest absolute Gasteiger partial charge is 0.336 e. The fraction of sp³-hybridized carbons (Fsp3) is 0.211. The van der Waals surface area contributed by atoms with Crippen LogP contribution >= 0.6 is 0 Å². The van der Waals surface area contributed by atoms with E-state index in [9.17, 15) is 22.0 Å². The second-order valence-corrected chi connectivity index (χ2v) is 7.93. The summed E-state index contributed by atoms with van der Waals surface area (Å²) in [6.07, 6.45) is 1.52. The van der Waals surface area contributed by atoms with Gasteiger partial charge in [0.2, 0.25) is 10.0 Å². The second-order valence-electron chi connectivity index (χ2n) is 6.11. The van der Waals surface area contributed by atoms with Crippen molar-refractivity contribution in [3.8, 4) is 0 Å². The lowest BCUT2D eigenvalue weighted by Crippen LogP contribution is -2.50. The molecule has 0 bridgehead atoms. The summed E-state index contributed by atoms with van der Waals surface area (Å²) in [5, 5.41) is 1.14. The molecule has 0 aromatic heterocycles. The minimum Gasteiger partial charge on any atom is -0.336 e. The van der Waals surface area contributed by atoms with E-state index in [4.69, 9.17) is 0 Å². The highest BCUT2D eigenvalue weighted by molar-refractivity contribution is 7.92. The smallest absolute Gasteiger partial charge is 0.254 e. The highest BCUT2D eigenvalue weighted by atomic mass is 32.2. The Hall–Kier alpha value is -2.58. The number of piperazine rings is 1. The van der Waals surface area contributed by atoms with Gasteiger partial charge in [0.05, 0.1) is 0 Å². The molecular weight excluding hydrogens is 374 g/mol. The fourth-order valence-corrected chi connectivity index (χ4v) is 3.99. The molecule has 1 aliphatic rings. The zero-order valence-corrected chi connectivity index (χ0v) is 15.2. The standard InChI is InChI=1S/C19H18F2N2O3S/c20-17-12-16(13-18(21)14-17)19(24)22-7-9-23(10-8-22)27(25,26)11-6-15-4-2-1-3-5-15/h1-6,11-14H,7-10H2/b11-6+. The van der Waals surface area contributed by atoms with Crippen LogP contribution in [0.1, 0.15) is 15.9 Å². The first-order chi connectivity index (χ1) is 12.8. The number of benzene rings is 2. The Bertz CT molecular complexity index is 934. The van der Waals surface area contributed by atoms with Gasteiger partial charge in [0.15, 0.2) is 0 Å². The van der Waals surface area contributed by atoms with Crippen LogP contribution < -0.4 is 0 Å². The van der Waals surface area contributed by atoms with Crippen molar-refractivity contribution < 1.29 is 22.0 Å². The SMILES string of the molecule is O=C(c1cc(F)cc(F)c1)N1CCN(S(=O)(=O)/C=C/c2ccccc2)CC1. The predicted octanol–water partition coefficient (Wildman–Crippen LogP) is 2.72. The van der Waals surface area contributed by atoms with Crippen LogP contribution in [0.4, 0.5) is 8.78 Å². The van der Waals surface area contributed by atoms with Gasteiger partial charge in [0.1, 0.15) is 11.6 Å². The van der Waals surface area contributed by atoms with Gasteiger partial charge in [-0.1, -0.05) is 30.3 Å². The molecule has 1 fully saturated rings. The molecule has 0 spiro atoms. The molecular formula is C19H18F2N2O3S. The van der Waals surface area contributed by atoms with Crippen LogP contribution in [0.2, 0.25) is 0 Å². The van der Waals surface area contributed by atoms with E-state index in [2.05, 4.69) is 0 Å². The zero-order chi connectivity index (χ0) is 19.4. The van der Waals surface area contributed by atoms with Crippen LogP contribution in [0.5, 0.6) is 0 Å². The molecule has 1 saturated heterocycles. The monoisotopic (exact) mass is 392 g/mol. The highest BCUT2D eigenvalue weighted by Crippen LogP contribution is 2.15. The Labute approximate surface area is 156 Å². The van der Waals surface area contributed by atoms with Crippen LogP contribution in [0.15, 0.2) is 53.9 Å². The van der Waals surface area contributed by atoms with Gasteiger partial charge in [0.25, 0.3) is 5.91 Å². The average molecular weight is 392 g/mol. The van der Waals surface area contributed by atoms with E-state index in [1.165, 1.54) is 15.3 Å². The van der Waals surface area contributed by atoms with E-state index in [0.717, 1.165) is 23.1 Å². The van der Waals surface area contributed by atoms with E-state index in [0.29, 0.717) is 6.07 Å². The van der Waals surface area contributed by atoms with Crippen molar-refractivity contribution in [3.63, 3.8) is 0 Å². The summed E-state index contributed by atoms with van der Waals surface area (Å²) in [5.74, 6) is -2.18. The molecule has 5 nitrogen and oxygen atoms in total. The average Bonchev–Trinajstić information content (AvgIpc) is 2.66. The third kappa shape index (κ3) is 4.78. The summed E-state index contributed by atoms with van der Waals surface area (Å²) in [7, 11) is -3.61. The molecule has 1 aliphatic heterocycles. The molecule has 2 aromatic carbocycles. The molecule has 142 valence electrons. The fourth-order valence-electron chi connectivity index (χ4n) is 2.82. The van der Waals surface area contributed by atoms with Crippen LogP contribution in [-0.2, 0) is 10.0 Å². The summed E-state index contributed by atoms with van der Waals surface area (Å²) < 4.78 is 52.7. The molecule has 0 N–H and O–H groups in total. The summed E-state index contributed by atoms with van der Waals surface area (Å²) >= 11 is 0. The van der Waals surface area contributed by atoms with E-state index in [1.807, 2.05) is 18.2 Å². The number of amides is 1. The quantitative estimate of drug-likeness (QED) is 0.804. The third-order valence-electron chi connectivity index (χ3n) is 4.23. The molecule has 0 aliphatic carbocycles. The topological polar surface area (TPSA) is 57.7 Å². The maximum Gasteiger partial charge on any atom is 0.254 e. The minimum absolute atomic E-state index is 0.0900. The molecule has 1 heterocycles. The first-order valence-electron chi connectivity index (χ1n) is 8.34. The minimum atomic E-state index is -3.61. The molecule has 3 rings (SSSR count). The lowest BCUT2D eigenvalue weighted by molar-refractivity contribution is 0.0697. The maximum atomic E-state index is 13.3. The van der Waals surface area contributed by atoms with Crippen molar-refractivity contribution >= 4 is 22.0 Å². The van der Waals surface area contributed by atoms with Crippen molar-refractivity contribution in [2.45, 2.75) is 0 Å².